The second-order valence-corrected chi connectivity index (χ2v) is 4.21. The van der Waals surface area contributed by atoms with Crippen molar-refractivity contribution >= 4 is 17.4 Å². The molecule has 0 aliphatic rings. The number of benzene rings is 2. The summed E-state index contributed by atoms with van der Waals surface area (Å²) in [6.45, 7) is 1.87. The Hall–Kier alpha value is -1.60. The van der Waals surface area contributed by atoms with Gasteiger partial charge in [0.25, 0.3) is 0 Å². The molecular formula is C15H13ClO. The lowest BCUT2D eigenvalue weighted by atomic mass is 9.96. The second-order valence-electron chi connectivity index (χ2n) is 3.80. The van der Waals surface area contributed by atoms with Gasteiger partial charge in [0, 0.05) is 22.6 Å². The molecule has 0 aromatic heterocycles. The first-order valence-corrected chi connectivity index (χ1v) is 5.99. The number of Topliss-reactive ketones (excluding diaryl/α,β-unsaturated/α-hetero) is 1. The van der Waals surface area contributed by atoms with Crippen LogP contribution in [-0.4, -0.2) is 5.78 Å². The molecule has 0 saturated carbocycles. The van der Waals surface area contributed by atoms with Gasteiger partial charge in [-0.2, -0.15) is 0 Å². The molecule has 2 aromatic carbocycles. The van der Waals surface area contributed by atoms with Crippen molar-refractivity contribution in [3.8, 4) is 11.1 Å². The van der Waals surface area contributed by atoms with E-state index in [1.165, 1.54) is 0 Å². The van der Waals surface area contributed by atoms with Crippen LogP contribution in [0.25, 0.3) is 11.1 Å². The minimum atomic E-state index is 0.139. The molecule has 0 unspecified atom stereocenters. The lowest BCUT2D eigenvalue weighted by molar-refractivity contribution is 0.0989. The van der Waals surface area contributed by atoms with Crippen molar-refractivity contribution < 1.29 is 4.79 Å². The van der Waals surface area contributed by atoms with E-state index in [1.54, 1.807) is 0 Å². The molecule has 0 N–H and O–H groups in total. The third kappa shape index (κ3) is 2.40. The number of carbonyl (C=O) groups excluding carboxylic acids is 1. The fourth-order valence-electron chi connectivity index (χ4n) is 1.83. The lowest BCUT2D eigenvalue weighted by Gasteiger charge is -2.09. The maximum absolute atomic E-state index is 11.9. The van der Waals surface area contributed by atoms with Crippen molar-refractivity contribution in [3.63, 3.8) is 0 Å². The monoisotopic (exact) mass is 244 g/mol. The molecule has 2 aromatic rings. The van der Waals surface area contributed by atoms with Gasteiger partial charge in [0.2, 0.25) is 0 Å². The van der Waals surface area contributed by atoms with Crippen molar-refractivity contribution in [2.75, 3.05) is 0 Å². The number of ketones is 1. The van der Waals surface area contributed by atoms with Crippen LogP contribution in [0.3, 0.4) is 0 Å². The summed E-state index contributed by atoms with van der Waals surface area (Å²) < 4.78 is 0. The third-order valence-electron chi connectivity index (χ3n) is 2.71. The van der Waals surface area contributed by atoms with Gasteiger partial charge in [-0.3, -0.25) is 4.79 Å². The molecule has 0 saturated heterocycles. The van der Waals surface area contributed by atoms with Gasteiger partial charge in [0.15, 0.2) is 5.78 Å². The lowest BCUT2D eigenvalue weighted by Crippen LogP contribution is -1.99. The standard InChI is InChI=1S/C15H13ClO/c1-2-15(17)13-9-4-3-7-11(13)12-8-5-6-10-14(12)16/h3-10H,2H2,1H3. The average molecular weight is 245 g/mol. The van der Waals surface area contributed by atoms with Gasteiger partial charge < -0.3 is 0 Å². The molecule has 0 fully saturated rings. The summed E-state index contributed by atoms with van der Waals surface area (Å²) in [6, 6.07) is 15.2. The van der Waals surface area contributed by atoms with Crippen molar-refractivity contribution in [1.29, 1.82) is 0 Å². The van der Waals surface area contributed by atoms with E-state index in [4.69, 9.17) is 11.6 Å². The molecule has 0 spiro atoms. The van der Waals surface area contributed by atoms with E-state index in [9.17, 15) is 4.79 Å². The number of hydrogen-bond donors (Lipinski definition) is 0. The number of carbonyl (C=O) groups is 1. The van der Waals surface area contributed by atoms with Crippen LogP contribution >= 0.6 is 11.6 Å². The van der Waals surface area contributed by atoms with Gasteiger partial charge in [-0.15, -0.1) is 0 Å². The molecular weight excluding hydrogens is 232 g/mol. The highest BCUT2D eigenvalue weighted by molar-refractivity contribution is 6.33. The third-order valence-corrected chi connectivity index (χ3v) is 3.04. The molecule has 2 heteroatoms. The van der Waals surface area contributed by atoms with E-state index in [-0.39, 0.29) is 5.78 Å². The average Bonchev–Trinajstić information content (AvgIpc) is 2.38. The number of rotatable bonds is 3. The summed E-state index contributed by atoms with van der Waals surface area (Å²) in [5, 5.41) is 0.670. The zero-order valence-corrected chi connectivity index (χ0v) is 10.4. The molecule has 0 atom stereocenters. The first-order chi connectivity index (χ1) is 8.24. The van der Waals surface area contributed by atoms with E-state index in [0.717, 1.165) is 16.7 Å². The predicted molar refractivity (Wildman–Crippen MR) is 71.5 cm³/mol. The van der Waals surface area contributed by atoms with Gasteiger partial charge in [-0.25, -0.2) is 0 Å². The molecule has 0 heterocycles. The molecule has 1 nitrogen and oxygen atoms in total. The van der Waals surface area contributed by atoms with Crippen molar-refractivity contribution in [1.82, 2.24) is 0 Å². The Morgan fingerprint density at radius 3 is 2.24 bits per heavy atom. The van der Waals surface area contributed by atoms with Crippen LogP contribution in [0.4, 0.5) is 0 Å². The van der Waals surface area contributed by atoms with Crippen LogP contribution in [0, 0.1) is 0 Å². The van der Waals surface area contributed by atoms with Gasteiger partial charge in [-0.1, -0.05) is 61.0 Å². The molecule has 0 aliphatic carbocycles. The summed E-state index contributed by atoms with van der Waals surface area (Å²) in [5.74, 6) is 0.139. The quantitative estimate of drug-likeness (QED) is 0.721. The fourth-order valence-corrected chi connectivity index (χ4v) is 2.07. The van der Waals surface area contributed by atoms with Crippen molar-refractivity contribution in [2.45, 2.75) is 13.3 Å². The fraction of sp³-hybridized carbons (Fsp3) is 0.133. The SMILES string of the molecule is CCC(=O)c1ccccc1-c1ccccc1Cl. The Morgan fingerprint density at radius 2 is 1.59 bits per heavy atom. The summed E-state index contributed by atoms with van der Waals surface area (Å²) >= 11 is 6.17. The Labute approximate surface area is 106 Å². The van der Waals surface area contributed by atoms with Gasteiger partial charge in [-0.05, 0) is 11.6 Å². The second kappa shape index (κ2) is 5.15. The predicted octanol–water partition coefficient (Wildman–Crippen LogP) is 4.60. The molecule has 86 valence electrons. The number of halogens is 1. The van der Waals surface area contributed by atoms with Gasteiger partial charge in [0.05, 0.1) is 0 Å². The zero-order chi connectivity index (χ0) is 12.3. The number of hydrogen-bond acceptors (Lipinski definition) is 1. The largest absolute Gasteiger partial charge is 0.294 e. The maximum atomic E-state index is 11.9. The van der Waals surface area contributed by atoms with Crippen molar-refractivity contribution in [2.24, 2.45) is 0 Å². The topological polar surface area (TPSA) is 17.1 Å². The highest BCUT2D eigenvalue weighted by Crippen LogP contribution is 2.30. The molecule has 17 heavy (non-hydrogen) atoms. The summed E-state index contributed by atoms with van der Waals surface area (Å²) in [4.78, 5) is 11.9. The molecule has 0 bridgehead atoms. The highest BCUT2D eigenvalue weighted by atomic mass is 35.5. The van der Waals surface area contributed by atoms with Crippen molar-refractivity contribution in [3.05, 3.63) is 59.1 Å². The van der Waals surface area contributed by atoms with Crippen LogP contribution in [0.1, 0.15) is 23.7 Å². The highest BCUT2D eigenvalue weighted by Gasteiger charge is 2.12. The van der Waals surface area contributed by atoms with Crippen LogP contribution < -0.4 is 0 Å². The molecule has 0 amide bonds. The summed E-state index contributed by atoms with van der Waals surface area (Å²) in [7, 11) is 0. The van der Waals surface area contributed by atoms with E-state index in [2.05, 4.69) is 0 Å². The summed E-state index contributed by atoms with van der Waals surface area (Å²) in [6.07, 6.45) is 0.501. The van der Waals surface area contributed by atoms with Crippen LogP contribution in [0.15, 0.2) is 48.5 Å². The Bertz CT molecular complexity index is 546. The minimum absolute atomic E-state index is 0.139. The molecule has 0 aliphatic heterocycles. The molecule has 0 radical (unpaired) electrons. The van der Waals surface area contributed by atoms with E-state index >= 15 is 0 Å². The van der Waals surface area contributed by atoms with E-state index < -0.39 is 0 Å². The first-order valence-electron chi connectivity index (χ1n) is 5.61. The van der Waals surface area contributed by atoms with Crippen LogP contribution in [-0.2, 0) is 0 Å². The smallest absolute Gasteiger partial charge is 0.163 e. The van der Waals surface area contributed by atoms with Crippen LogP contribution in [0.2, 0.25) is 5.02 Å². The zero-order valence-electron chi connectivity index (χ0n) is 9.61. The van der Waals surface area contributed by atoms with Gasteiger partial charge in [0.1, 0.15) is 0 Å². The Balaban J connectivity index is 2.60. The van der Waals surface area contributed by atoms with E-state index in [0.29, 0.717) is 11.4 Å². The summed E-state index contributed by atoms with van der Waals surface area (Å²) in [5.41, 5.74) is 2.56. The minimum Gasteiger partial charge on any atom is -0.294 e. The van der Waals surface area contributed by atoms with Crippen LogP contribution in [0.5, 0.6) is 0 Å². The van der Waals surface area contributed by atoms with E-state index in [1.807, 2.05) is 55.5 Å². The molecule has 2 rings (SSSR count). The Kier molecular flexibility index (Phi) is 3.60. The normalized spacial score (nSPS) is 10.2. The maximum Gasteiger partial charge on any atom is 0.163 e. The Morgan fingerprint density at radius 1 is 1.00 bits per heavy atom. The van der Waals surface area contributed by atoms with Gasteiger partial charge >= 0.3 is 0 Å². The first kappa shape index (κ1) is 11.9.